The fourth-order valence-corrected chi connectivity index (χ4v) is 1.64. The second-order valence-corrected chi connectivity index (χ2v) is 6.29. The van der Waals surface area contributed by atoms with E-state index in [1.54, 1.807) is 0 Å². The van der Waals surface area contributed by atoms with Crippen LogP contribution < -0.4 is 10.6 Å². The molecule has 0 aromatic rings. The van der Waals surface area contributed by atoms with E-state index in [0.717, 1.165) is 6.42 Å². The van der Waals surface area contributed by atoms with Gasteiger partial charge in [-0.15, -0.1) is 0 Å². The fraction of sp³-hybridized carbons (Fsp3) is 0.833. The highest BCUT2D eigenvalue weighted by Crippen LogP contribution is 1.98. The molecular formula is C18H34N2O6. The van der Waals surface area contributed by atoms with Gasteiger partial charge in [-0.3, -0.25) is 14.4 Å². The van der Waals surface area contributed by atoms with Gasteiger partial charge in [0.15, 0.2) is 5.78 Å². The summed E-state index contributed by atoms with van der Waals surface area (Å²) in [5, 5.41) is 5.42. The number of carbonyl (C=O) groups excluding carboxylic acids is 3. The van der Waals surface area contributed by atoms with E-state index in [4.69, 9.17) is 14.2 Å². The van der Waals surface area contributed by atoms with Crippen molar-refractivity contribution in [3.05, 3.63) is 0 Å². The number of carbonyl (C=O) groups is 3. The van der Waals surface area contributed by atoms with Crippen molar-refractivity contribution < 1.29 is 28.6 Å². The number of ether oxygens (including phenoxy) is 3. The lowest BCUT2D eigenvalue weighted by molar-refractivity contribution is -0.127. The monoisotopic (exact) mass is 374 g/mol. The lowest BCUT2D eigenvalue weighted by Gasteiger charge is -2.10. The van der Waals surface area contributed by atoms with E-state index >= 15 is 0 Å². The Morgan fingerprint density at radius 1 is 0.808 bits per heavy atom. The molecule has 0 fully saturated rings. The van der Waals surface area contributed by atoms with E-state index in [0.29, 0.717) is 32.9 Å². The molecule has 1 atom stereocenters. The fourth-order valence-electron chi connectivity index (χ4n) is 1.64. The van der Waals surface area contributed by atoms with Crippen molar-refractivity contribution in [3.8, 4) is 0 Å². The molecule has 2 N–H and O–H groups in total. The van der Waals surface area contributed by atoms with Crippen LogP contribution >= 0.6 is 0 Å². The number of rotatable bonds is 16. The van der Waals surface area contributed by atoms with Crippen LogP contribution in [-0.4, -0.2) is 70.3 Å². The van der Waals surface area contributed by atoms with E-state index < -0.39 is 0 Å². The molecule has 0 aliphatic carbocycles. The summed E-state index contributed by atoms with van der Waals surface area (Å²) in [6, 6.07) is 0. The van der Waals surface area contributed by atoms with Gasteiger partial charge in [-0.2, -0.15) is 0 Å². The Balaban J connectivity index is 3.39. The molecule has 0 spiro atoms. The number of ketones is 1. The van der Waals surface area contributed by atoms with Crippen LogP contribution in [0, 0.1) is 11.8 Å². The average Bonchev–Trinajstić information content (AvgIpc) is 2.62. The van der Waals surface area contributed by atoms with E-state index in [9.17, 15) is 14.4 Å². The first-order valence-corrected chi connectivity index (χ1v) is 9.18. The molecule has 8 nitrogen and oxygen atoms in total. The first-order valence-electron chi connectivity index (χ1n) is 9.18. The Kier molecular flexibility index (Phi) is 14.8. The highest BCUT2D eigenvalue weighted by molar-refractivity contribution is 5.81. The van der Waals surface area contributed by atoms with Crippen molar-refractivity contribution in [1.82, 2.24) is 10.6 Å². The Hall–Kier alpha value is -1.51. The SMILES string of the molecule is CCC(C)C(=O)NCCOCCOCC(=O)NCCOCC(=O)C(C)C. The summed E-state index contributed by atoms with van der Waals surface area (Å²) in [4.78, 5) is 34.3. The predicted octanol–water partition coefficient (Wildman–Crippen LogP) is 0.540. The maximum Gasteiger partial charge on any atom is 0.246 e. The first-order chi connectivity index (χ1) is 12.4. The van der Waals surface area contributed by atoms with Gasteiger partial charge in [-0.25, -0.2) is 0 Å². The zero-order valence-corrected chi connectivity index (χ0v) is 16.5. The van der Waals surface area contributed by atoms with Gasteiger partial charge in [0.1, 0.15) is 13.2 Å². The van der Waals surface area contributed by atoms with Gasteiger partial charge in [-0.1, -0.05) is 27.7 Å². The maximum atomic E-state index is 11.5. The summed E-state index contributed by atoms with van der Waals surface area (Å²) >= 11 is 0. The zero-order valence-electron chi connectivity index (χ0n) is 16.5. The van der Waals surface area contributed by atoms with E-state index in [1.807, 2.05) is 27.7 Å². The summed E-state index contributed by atoms with van der Waals surface area (Å²) < 4.78 is 15.7. The molecular weight excluding hydrogens is 340 g/mol. The molecule has 0 aliphatic rings. The molecule has 0 saturated carbocycles. The van der Waals surface area contributed by atoms with Crippen molar-refractivity contribution in [2.24, 2.45) is 11.8 Å². The number of amides is 2. The Labute approximate surface area is 156 Å². The van der Waals surface area contributed by atoms with Gasteiger partial charge < -0.3 is 24.8 Å². The van der Waals surface area contributed by atoms with Gasteiger partial charge in [0.2, 0.25) is 11.8 Å². The molecule has 0 bridgehead atoms. The Morgan fingerprint density at radius 2 is 1.38 bits per heavy atom. The maximum absolute atomic E-state index is 11.5. The average molecular weight is 374 g/mol. The standard InChI is InChI=1S/C18H34N2O6/c1-5-15(4)18(23)20-7-8-24-10-11-26-13-17(22)19-6-9-25-12-16(21)14(2)3/h14-15H,5-13H2,1-4H3,(H,19,22)(H,20,23). The number of hydrogen-bond acceptors (Lipinski definition) is 6. The minimum atomic E-state index is -0.246. The minimum Gasteiger partial charge on any atom is -0.377 e. The molecule has 8 heteroatoms. The zero-order chi connectivity index (χ0) is 19.8. The lowest BCUT2D eigenvalue weighted by Crippen LogP contribution is -2.32. The second kappa shape index (κ2) is 15.7. The Bertz CT molecular complexity index is 414. The van der Waals surface area contributed by atoms with Gasteiger partial charge in [0.25, 0.3) is 0 Å². The van der Waals surface area contributed by atoms with E-state index in [-0.39, 0.29) is 49.3 Å². The third-order valence-corrected chi connectivity index (χ3v) is 3.67. The molecule has 0 aromatic carbocycles. The Morgan fingerprint density at radius 3 is 2.04 bits per heavy atom. The van der Waals surface area contributed by atoms with Crippen LogP contribution in [0.15, 0.2) is 0 Å². The van der Waals surface area contributed by atoms with Crippen LogP contribution in [0.1, 0.15) is 34.1 Å². The molecule has 0 heterocycles. The van der Waals surface area contributed by atoms with Crippen LogP contribution in [0.2, 0.25) is 0 Å². The molecule has 0 rings (SSSR count). The summed E-state index contributed by atoms with van der Waals surface area (Å²) in [5.74, 6) is -0.209. The lowest BCUT2D eigenvalue weighted by atomic mass is 10.1. The smallest absolute Gasteiger partial charge is 0.246 e. The van der Waals surface area contributed by atoms with Gasteiger partial charge >= 0.3 is 0 Å². The van der Waals surface area contributed by atoms with Gasteiger partial charge in [-0.05, 0) is 6.42 Å². The van der Waals surface area contributed by atoms with Gasteiger partial charge in [0.05, 0.1) is 26.4 Å². The third-order valence-electron chi connectivity index (χ3n) is 3.67. The van der Waals surface area contributed by atoms with Crippen molar-refractivity contribution in [2.45, 2.75) is 34.1 Å². The minimum absolute atomic E-state index is 0.0120. The predicted molar refractivity (Wildman–Crippen MR) is 97.8 cm³/mol. The van der Waals surface area contributed by atoms with Crippen molar-refractivity contribution in [2.75, 3.05) is 52.7 Å². The van der Waals surface area contributed by atoms with Crippen LogP contribution in [0.3, 0.4) is 0 Å². The van der Waals surface area contributed by atoms with E-state index in [2.05, 4.69) is 10.6 Å². The first kappa shape index (κ1) is 24.5. The largest absolute Gasteiger partial charge is 0.377 e. The third kappa shape index (κ3) is 13.7. The molecule has 0 saturated heterocycles. The van der Waals surface area contributed by atoms with Crippen LogP contribution in [0.4, 0.5) is 0 Å². The highest BCUT2D eigenvalue weighted by atomic mass is 16.5. The topological polar surface area (TPSA) is 103 Å². The molecule has 0 aromatic heterocycles. The molecule has 0 aliphatic heterocycles. The number of Topliss-reactive ketones (excluding diaryl/α,β-unsaturated/α-hetero) is 1. The quantitative estimate of drug-likeness (QED) is 0.382. The van der Waals surface area contributed by atoms with Crippen LogP contribution in [0.25, 0.3) is 0 Å². The van der Waals surface area contributed by atoms with E-state index in [1.165, 1.54) is 0 Å². The molecule has 2 amide bonds. The summed E-state index contributed by atoms with van der Waals surface area (Å²) in [5.41, 5.74) is 0. The highest BCUT2D eigenvalue weighted by Gasteiger charge is 2.09. The summed E-state index contributed by atoms with van der Waals surface area (Å²) in [6.45, 7) is 9.64. The van der Waals surface area contributed by atoms with Crippen molar-refractivity contribution in [3.63, 3.8) is 0 Å². The van der Waals surface area contributed by atoms with Crippen LogP contribution in [-0.2, 0) is 28.6 Å². The summed E-state index contributed by atoms with van der Waals surface area (Å²) in [7, 11) is 0. The van der Waals surface area contributed by atoms with Crippen molar-refractivity contribution in [1.29, 1.82) is 0 Å². The molecule has 152 valence electrons. The normalized spacial score (nSPS) is 12.0. The summed E-state index contributed by atoms with van der Waals surface area (Å²) in [6.07, 6.45) is 0.810. The number of nitrogens with one attached hydrogen (secondary N) is 2. The second-order valence-electron chi connectivity index (χ2n) is 6.29. The van der Waals surface area contributed by atoms with Crippen molar-refractivity contribution >= 4 is 17.6 Å². The van der Waals surface area contributed by atoms with Crippen LogP contribution in [0.5, 0.6) is 0 Å². The van der Waals surface area contributed by atoms with Gasteiger partial charge in [0, 0.05) is 24.9 Å². The number of hydrogen-bond donors (Lipinski definition) is 2. The molecule has 1 unspecified atom stereocenters. The molecule has 26 heavy (non-hydrogen) atoms. The molecule has 0 radical (unpaired) electrons.